The van der Waals surface area contributed by atoms with E-state index in [4.69, 9.17) is 18.9 Å². The van der Waals surface area contributed by atoms with E-state index >= 15 is 0 Å². The van der Waals surface area contributed by atoms with Gasteiger partial charge in [-0.3, -0.25) is 19.2 Å². The highest BCUT2D eigenvalue weighted by atomic mass is 16.5. The molecule has 0 N–H and O–H groups in total. The summed E-state index contributed by atoms with van der Waals surface area (Å²) in [6, 6.07) is 0. The third-order valence-electron chi connectivity index (χ3n) is 9.87. The van der Waals surface area contributed by atoms with Gasteiger partial charge < -0.3 is 28.7 Å². The average Bonchev–Trinajstić information content (AvgIpc) is 3.68. The van der Waals surface area contributed by atoms with Crippen LogP contribution in [0.2, 0.25) is 0 Å². The van der Waals surface area contributed by atoms with Gasteiger partial charge in [0, 0.05) is 26.2 Å². The summed E-state index contributed by atoms with van der Waals surface area (Å²) >= 11 is 0. The number of ether oxygens (including phenoxy) is 4. The minimum atomic E-state index is -0.230. The number of nitrogens with zero attached hydrogens (tertiary/aromatic N) is 2. The standard InChI is InChI=1S/C30H50N2O8/c1-37-26(33)9-15-31(16-10-27(34)38-2)13-7-21-5-6-24-23-19-22(25(20-23)30(21)24)8-14-32(17-11-28(35)39-3)18-12-29(36)40-4/h21-25,30H,5-20H2,1-4H3. The number of hydrogen-bond acceptors (Lipinski definition) is 10. The van der Waals surface area contributed by atoms with Crippen molar-refractivity contribution in [2.75, 3.05) is 67.7 Å². The molecule has 0 amide bonds. The molecule has 0 radical (unpaired) electrons. The molecule has 3 fully saturated rings. The van der Waals surface area contributed by atoms with Crippen LogP contribution in [0.3, 0.4) is 0 Å². The molecule has 0 spiro atoms. The smallest absolute Gasteiger partial charge is 0.306 e. The highest BCUT2D eigenvalue weighted by Gasteiger charge is 2.56. The van der Waals surface area contributed by atoms with Crippen LogP contribution in [-0.2, 0) is 38.1 Å². The predicted molar refractivity (Wildman–Crippen MR) is 148 cm³/mol. The second-order valence-corrected chi connectivity index (χ2v) is 11.8. The van der Waals surface area contributed by atoms with E-state index < -0.39 is 0 Å². The fourth-order valence-electron chi connectivity index (χ4n) is 7.82. The van der Waals surface area contributed by atoms with Crippen molar-refractivity contribution >= 4 is 23.9 Å². The number of fused-ring (bicyclic) bond motifs is 5. The number of hydrogen-bond donors (Lipinski definition) is 0. The monoisotopic (exact) mass is 566 g/mol. The van der Waals surface area contributed by atoms with Crippen LogP contribution >= 0.6 is 0 Å². The fourth-order valence-corrected chi connectivity index (χ4v) is 7.82. The van der Waals surface area contributed by atoms with E-state index in [0.29, 0.717) is 63.7 Å². The van der Waals surface area contributed by atoms with E-state index in [1.165, 1.54) is 54.1 Å². The zero-order valence-electron chi connectivity index (χ0n) is 24.9. The van der Waals surface area contributed by atoms with Gasteiger partial charge in [0.25, 0.3) is 0 Å². The third kappa shape index (κ3) is 9.16. The highest BCUT2D eigenvalue weighted by Crippen LogP contribution is 2.63. The van der Waals surface area contributed by atoms with E-state index in [9.17, 15) is 19.2 Å². The SMILES string of the molecule is COC(=O)CCN(CCC(=O)OC)CCC1CC2CC1C1C(CCN(CCC(=O)OC)CCC(=O)OC)CCC21. The van der Waals surface area contributed by atoms with Crippen LogP contribution in [0.25, 0.3) is 0 Å². The maximum absolute atomic E-state index is 11.7. The largest absolute Gasteiger partial charge is 0.469 e. The first-order valence-corrected chi connectivity index (χ1v) is 15.0. The van der Waals surface area contributed by atoms with Crippen LogP contribution in [0.15, 0.2) is 0 Å². The molecule has 3 saturated carbocycles. The normalized spacial score (nSPS) is 26.6. The molecule has 0 aromatic rings. The van der Waals surface area contributed by atoms with Crippen molar-refractivity contribution in [3.8, 4) is 0 Å². The lowest BCUT2D eigenvalue weighted by Crippen LogP contribution is -2.35. The van der Waals surface area contributed by atoms with E-state index in [-0.39, 0.29) is 23.9 Å². The number of rotatable bonds is 18. The topological polar surface area (TPSA) is 112 Å². The Hall–Kier alpha value is -2.20. The molecule has 0 aromatic carbocycles. The Kier molecular flexibility index (Phi) is 13.2. The molecule has 0 aromatic heterocycles. The third-order valence-corrected chi connectivity index (χ3v) is 9.87. The first-order chi connectivity index (χ1) is 19.3. The lowest BCUT2D eigenvalue weighted by Gasteiger charge is -2.36. The van der Waals surface area contributed by atoms with Crippen molar-refractivity contribution in [3.63, 3.8) is 0 Å². The molecule has 3 aliphatic carbocycles. The molecule has 10 nitrogen and oxygen atoms in total. The molecule has 0 heterocycles. The van der Waals surface area contributed by atoms with Gasteiger partial charge in [-0.25, -0.2) is 0 Å². The Balaban J connectivity index is 1.54. The maximum atomic E-state index is 11.7. The molecule has 6 atom stereocenters. The molecule has 3 rings (SSSR count). The van der Waals surface area contributed by atoms with E-state index in [2.05, 4.69) is 9.80 Å². The van der Waals surface area contributed by atoms with Crippen LogP contribution < -0.4 is 0 Å². The van der Waals surface area contributed by atoms with Crippen molar-refractivity contribution in [2.45, 2.75) is 64.2 Å². The van der Waals surface area contributed by atoms with Crippen LogP contribution in [0.1, 0.15) is 64.2 Å². The summed E-state index contributed by atoms with van der Waals surface area (Å²) in [5.74, 6) is 3.59. The summed E-state index contributed by atoms with van der Waals surface area (Å²) in [5, 5.41) is 0. The van der Waals surface area contributed by atoms with Gasteiger partial charge in [0.05, 0.1) is 54.1 Å². The van der Waals surface area contributed by atoms with Gasteiger partial charge in [-0.1, -0.05) is 0 Å². The van der Waals surface area contributed by atoms with Gasteiger partial charge in [-0.15, -0.1) is 0 Å². The molecule has 0 saturated heterocycles. The maximum Gasteiger partial charge on any atom is 0.306 e. The minimum absolute atomic E-state index is 0.229. The second kappa shape index (κ2) is 16.3. The zero-order valence-corrected chi connectivity index (χ0v) is 24.9. The zero-order chi connectivity index (χ0) is 29.1. The first-order valence-electron chi connectivity index (χ1n) is 15.0. The Morgan fingerprint density at radius 2 is 0.975 bits per heavy atom. The molecule has 3 aliphatic rings. The van der Waals surface area contributed by atoms with Crippen LogP contribution in [0, 0.1) is 35.5 Å². The van der Waals surface area contributed by atoms with Crippen molar-refractivity contribution < 1.29 is 38.1 Å². The lowest BCUT2D eigenvalue weighted by atomic mass is 9.71. The summed E-state index contributed by atoms with van der Waals surface area (Å²) < 4.78 is 19.3. The summed E-state index contributed by atoms with van der Waals surface area (Å²) in [6.45, 7) is 4.11. The summed E-state index contributed by atoms with van der Waals surface area (Å²) in [6.07, 6.45) is 8.67. The first kappa shape index (κ1) is 32.3. The predicted octanol–water partition coefficient (Wildman–Crippen LogP) is 2.92. The molecule has 2 bridgehead atoms. The van der Waals surface area contributed by atoms with Crippen molar-refractivity contribution in [1.82, 2.24) is 9.80 Å². The number of carbonyl (C=O) groups is 4. The molecule has 6 unspecified atom stereocenters. The van der Waals surface area contributed by atoms with Gasteiger partial charge in [0.15, 0.2) is 0 Å². The fraction of sp³-hybridized carbons (Fsp3) is 0.867. The Bertz CT molecular complexity index is 812. The van der Waals surface area contributed by atoms with Crippen molar-refractivity contribution in [2.24, 2.45) is 35.5 Å². The number of methoxy groups -OCH3 is 4. The molecule has 10 heteroatoms. The van der Waals surface area contributed by atoms with Crippen molar-refractivity contribution in [1.29, 1.82) is 0 Å². The van der Waals surface area contributed by atoms with Gasteiger partial charge in [0.2, 0.25) is 0 Å². The Morgan fingerprint density at radius 1 is 0.550 bits per heavy atom. The quantitative estimate of drug-likeness (QED) is 0.181. The lowest BCUT2D eigenvalue weighted by molar-refractivity contribution is -0.142. The summed E-state index contributed by atoms with van der Waals surface area (Å²) in [7, 11) is 5.62. The van der Waals surface area contributed by atoms with E-state index in [1.807, 2.05) is 0 Å². The minimum Gasteiger partial charge on any atom is -0.469 e. The molecule has 0 aliphatic heterocycles. The van der Waals surface area contributed by atoms with Crippen LogP contribution in [-0.4, -0.2) is 101 Å². The van der Waals surface area contributed by atoms with E-state index in [0.717, 1.165) is 49.6 Å². The summed E-state index contributed by atoms with van der Waals surface area (Å²) in [5.41, 5.74) is 0. The highest BCUT2D eigenvalue weighted by molar-refractivity contribution is 5.70. The second-order valence-electron chi connectivity index (χ2n) is 11.8. The number of carbonyl (C=O) groups excluding carboxylic acids is 4. The van der Waals surface area contributed by atoms with Crippen LogP contribution in [0.5, 0.6) is 0 Å². The molecule has 40 heavy (non-hydrogen) atoms. The molecular weight excluding hydrogens is 516 g/mol. The number of esters is 4. The van der Waals surface area contributed by atoms with Gasteiger partial charge >= 0.3 is 23.9 Å². The van der Waals surface area contributed by atoms with Gasteiger partial charge in [-0.05, 0) is 87.1 Å². The average molecular weight is 567 g/mol. The molecule has 228 valence electrons. The van der Waals surface area contributed by atoms with Crippen molar-refractivity contribution in [3.05, 3.63) is 0 Å². The molecular formula is C30H50N2O8. The Morgan fingerprint density at radius 3 is 1.40 bits per heavy atom. The van der Waals surface area contributed by atoms with Gasteiger partial charge in [-0.2, -0.15) is 0 Å². The van der Waals surface area contributed by atoms with Crippen LogP contribution in [0.4, 0.5) is 0 Å². The van der Waals surface area contributed by atoms with Gasteiger partial charge in [0.1, 0.15) is 0 Å². The Labute approximate surface area is 239 Å². The summed E-state index contributed by atoms with van der Waals surface area (Å²) in [4.78, 5) is 51.4. The van der Waals surface area contributed by atoms with E-state index in [1.54, 1.807) is 0 Å².